The molecule has 0 radical (unpaired) electrons. The van der Waals surface area contributed by atoms with Crippen molar-refractivity contribution in [1.29, 1.82) is 0 Å². The molecule has 0 atom stereocenters. The Morgan fingerprint density at radius 2 is 2.11 bits per heavy atom. The largest absolute Gasteiger partial charge is 0.481 e. The summed E-state index contributed by atoms with van der Waals surface area (Å²) in [7, 11) is 1.66. The molecule has 0 aliphatic carbocycles. The number of hydrogen-bond donors (Lipinski definition) is 1. The number of carboxylic acid groups (broad SMARTS) is 1. The van der Waals surface area contributed by atoms with Crippen LogP contribution in [0.2, 0.25) is 0 Å². The maximum Gasteiger partial charge on any atom is 0.303 e. The summed E-state index contributed by atoms with van der Waals surface area (Å²) >= 11 is 0. The Balaban J connectivity index is 2.49. The molecule has 0 spiro atoms. The van der Waals surface area contributed by atoms with Gasteiger partial charge in [-0.3, -0.25) is 9.59 Å². The van der Waals surface area contributed by atoms with Crippen molar-refractivity contribution in [1.82, 2.24) is 4.90 Å². The first kappa shape index (κ1) is 15.7. The smallest absolute Gasteiger partial charge is 0.303 e. The molecule has 0 saturated heterocycles. The van der Waals surface area contributed by atoms with Crippen LogP contribution in [0.3, 0.4) is 0 Å². The molecule has 1 N–H and O–H groups in total. The van der Waals surface area contributed by atoms with Crippen LogP contribution >= 0.6 is 0 Å². The number of carbonyl (C=O) groups is 2. The number of aliphatic carboxylic acids is 1. The van der Waals surface area contributed by atoms with Gasteiger partial charge in [0, 0.05) is 26.6 Å². The summed E-state index contributed by atoms with van der Waals surface area (Å²) in [5.74, 6) is -0.835. The molecule has 0 unspecified atom stereocenters. The van der Waals surface area contributed by atoms with Crippen molar-refractivity contribution in [3.8, 4) is 0 Å². The molecular weight excluding hydrogens is 246 g/mol. The fourth-order valence-corrected chi connectivity index (χ4v) is 2.25. The van der Waals surface area contributed by atoms with Crippen LogP contribution in [0.5, 0.6) is 0 Å². The Hall–Kier alpha value is -1.36. The minimum atomic E-state index is -0.862. The van der Waals surface area contributed by atoms with Crippen molar-refractivity contribution in [2.45, 2.75) is 33.1 Å². The fourth-order valence-electron chi connectivity index (χ4n) is 2.25. The summed E-state index contributed by atoms with van der Waals surface area (Å²) in [6.07, 6.45) is 3.14. The summed E-state index contributed by atoms with van der Waals surface area (Å²) in [4.78, 5) is 24.7. The van der Waals surface area contributed by atoms with Gasteiger partial charge in [-0.25, -0.2) is 0 Å². The van der Waals surface area contributed by atoms with Crippen LogP contribution in [0, 0.1) is 5.41 Å². The average Bonchev–Trinajstić information content (AvgIpc) is 2.27. The molecule has 0 aromatic carbocycles. The molecule has 5 heteroatoms. The number of carbonyl (C=O) groups excluding carboxylic acids is 1. The maximum atomic E-state index is 12.1. The summed E-state index contributed by atoms with van der Waals surface area (Å²) in [5.41, 5.74) is 0.718. The molecular formula is C14H23NO4. The predicted molar refractivity (Wildman–Crippen MR) is 71.8 cm³/mol. The van der Waals surface area contributed by atoms with E-state index in [4.69, 9.17) is 9.84 Å². The first-order chi connectivity index (χ1) is 8.84. The highest BCUT2D eigenvalue weighted by Crippen LogP contribution is 2.26. The lowest BCUT2D eigenvalue weighted by molar-refractivity contribution is -0.140. The first-order valence-corrected chi connectivity index (χ1v) is 6.50. The molecule has 1 aliphatic heterocycles. The summed E-state index contributed by atoms with van der Waals surface area (Å²) in [6.45, 7) is 5.54. The number of amides is 1. The number of nitrogens with zero attached hydrogens (tertiary/aromatic N) is 1. The lowest BCUT2D eigenvalue weighted by atomic mass is 9.85. The zero-order chi connectivity index (χ0) is 14.5. The maximum absolute atomic E-state index is 12.1. The molecule has 5 nitrogen and oxygen atoms in total. The highest BCUT2D eigenvalue weighted by molar-refractivity contribution is 5.78. The Morgan fingerprint density at radius 3 is 2.58 bits per heavy atom. The molecule has 19 heavy (non-hydrogen) atoms. The van der Waals surface area contributed by atoms with E-state index in [1.807, 2.05) is 19.9 Å². The zero-order valence-electron chi connectivity index (χ0n) is 11.9. The second-order valence-corrected chi connectivity index (χ2v) is 5.80. The van der Waals surface area contributed by atoms with Crippen LogP contribution in [0.25, 0.3) is 0 Å². The van der Waals surface area contributed by atoms with Crippen LogP contribution in [0.4, 0.5) is 0 Å². The van der Waals surface area contributed by atoms with E-state index in [0.29, 0.717) is 19.7 Å². The standard InChI is InChI=1S/C14H23NO4/c1-14(2,9-13(17)18)8-12(16)15-6-4-11(5-7-15)10-19-3/h4H,5-10H2,1-3H3,(H,17,18). The Morgan fingerprint density at radius 1 is 1.42 bits per heavy atom. The van der Waals surface area contributed by atoms with Crippen molar-refractivity contribution < 1.29 is 19.4 Å². The third-order valence-corrected chi connectivity index (χ3v) is 3.25. The quantitative estimate of drug-likeness (QED) is 0.745. The van der Waals surface area contributed by atoms with Gasteiger partial charge in [-0.2, -0.15) is 0 Å². The normalized spacial score (nSPS) is 16.2. The number of methoxy groups -OCH3 is 1. The minimum absolute atomic E-state index is 0.0113. The molecule has 0 bridgehead atoms. The SMILES string of the molecule is COCC1=CCN(C(=O)CC(C)(C)CC(=O)O)CC1. The number of hydrogen-bond acceptors (Lipinski definition) is 3. The zero-order valence-corrected chi connectivity index (χ0v) is 11.9. The summed E-state index contributed by atoms with van der Waals surface area (Å²) in [6, 6.07) is 0. The first-order valence-electron chi connectivity index (χ1n) is 6.50. The lowest BCUT2D eigenvalue weighted by Crippen LogP contribution is -2.38. The average molecular weight is 269 g/mol. The number of ether oxygens (including phenoxy) is 1. The molecule has 0 aromatic heterocycles. The van der Waals surface area contributed by atoms with Gasteiger partial charge in [0.05, 0.1) is 13.0 Å². The van der Waals surface area contributed by atoms with Gasteiger partial charge in [0.1, 0.15) is 0 Å². The predicted octanol–water partition coefficient (Wildman–Crippen LogP) is 1.68. The van der Waals surface area contributed by atoms with Crippen LogP contribution in [-0.2, 0) is 14.3 Å². The lowest BCUT2D eigenvalue weighted by Gasteiger charge is -2.30. The third kappa shape index (κ3) is 5.42. The Labute approximate surface area is 114 Å². The molecule has 1 heterocycles. The van der Waals surface area contributed by atoms with E-state index in [0.717, 1.165) is 6.42 Å². The second-order valence-electron chi connectivity index (χ2n) is 5.80. The van der Waals surface area contributed by atoms with Gasteiger partial charge in [-0.15, -0.1) is 0 Å². The van der Waals surface area contributed by atoms with Gasteiger partial charge in [-0.05, 0) is 17.4 Å². The van der Waals surface area contributed by atoms with Gasteiger partial charge in [-0.1, -0.05) is 19.9 Å². The molecule has 108 valence electrons. The van der Waals surface area contributed by atoms with Crippen molar-refractivity contribution in [2.75, 3.05) is 26.8 Å². The highest BCUT2D eigenvalue weighted by Gasteiger charge is 2.28. The molecule has 1 rings (SSSR count). The van der Waals surface area contributed by atoms with E-state index >= 15 is 0 Å². The van der Waals surface area contributed by atoms with Crippen molar-refractivity contribution in [2.24, 2.45) is 5.41 Å². The van der Waals surface area contributed by atoms with Crippen LogP contribution in [0.1, 0.15) is 33.1 Å². The minimum Gasteiger partial charge on any atom is -0.481 e. The third-order valence-electron chi connectivity index (χ3n) is 3.25. The topological polar surface area (TPSA) is 66.8 Å². The van der Waals surface area contributed by atoms with Crippen LogP contribution in [-0.4, -0.2) is 48.7 Å². The van der Waals surface area contributed by atoms with Crippen molar-refractivity contribution >= 4 is 11.9 Å². The Bertz CT molecular complexity index is 374. The van der Waals surface area contributed by atoms with Crippen LogP contribution in [0.15, 0.2) is 11.6 Å². The van der Waals surface area contributed by atoms with Gasteiger partial charge in [0.2, 0.25) is 5.91 Å². The van der Waals surface area contributed by atoms with E-state index in [-0.39, 0.29) is 18.7 Å². The van der Waals surface area contributed by atoms with Crippen molar-refractivity contribution in [3.05, 3.63) is 11.6 Å². The Kier molecular flexibility index (Phi) is 5.54. The van der Waals surface area contributed by atoms with Gasteiger partial charge >= 0.3 is 5.97 Å². The molecule has 1 aliphatic rings. The van der Waals surface area contributed by atoms with Gasteiger partial charge < -0.3 is 14.7 Å². The molecule has 0 aromatic rings. The van der Waals surface area contributed by atoms with Crippen LogP contribution < -0.4 is 0 Å². The van der Waals surface area contributed by atoms with E-state index in [9.17, 15) is 9.59 Å². The summed E-state index contributed by atoms with van der Waals surface area (Å²) < 4.78 is 5.06. The monoisotopic (exact) mass is 269 g/mol. The molecule has 0 saturated carbocycles. The van der Waals surface area contributed by atoms with E-state index in [2.05, 4.69) is 0 Å². The van der Waals surface area contributed by atoms with E-state index < -0.39 is 11.4 Å². The summed E-state index contributed by atoms with van der Waals surface area (Å²) in [5, 5.41) is 8.82. The van der Waals surface area contributed by atoms with Crippen molar-refractivity contribution in [3.63, 3.8) is 0 Å². The number of carboxylic acids is 1. The van der Waals surface area contributed by atoms with Gasteiger partial charge in [0.15, 0.2) is 0 Å². The second kappa shape index (κ2) is 6.70. The molecule has 0 fully saturated rings. The van der Waals surface area contributed by atoms with E-state index in [1.54, 1.807) is 12.0 Å². The fraction of sp³-hybridized carbons (Fsp3) is 0.714. The van der Waals surface area contributed by atoms with E-state index in [1.165, 1.54) is 5.57 Å². The number of rotatable bonds is 6. The highest BCUT2D eigenvalue weighted by atomic mass is 16.5. The molecule has 1 amide bonds. The van der Waals surface area contributed by atoms with Gasteiger partial charge in [0.25, 0.3) is 0 Å².